The van der Waals surface area contributed by atoms with Crippen LogP contribution in [0.5, 0.6) is 0 Å². The predicted molar refractivity (Wildman–Crippen MR) is 71.4 cm³/mol. The molecule has 2 unspecified atom stereocenters. The molecule has 1 saturated heterocycles. The standard InChI is InChI=1S/C14H26N2O2/c1-3-18-14(17)11(2)16(9-12-6-7-12)10-13-5-4-8-15-13/h11-13,15H,3-10H2,1-2H3. The Hall–Kier alpha value is -0.610. The van der Waals surface area contributed by atoms with Crippen molar-refractivity contribution in [2.45, 2.75) is 51.6 Å². The van der Waals surface area contributed by atoms with Crippen LogP contribution in [-0.4, -0.2) is 49.2 Å². The molecule has 0 aromatic rings. The van der Waals surface area contributed by atoms with Crippen molar-refractivity contribution in [2.75, 3.05) is 26.2 Å². The molecule has 18 heavy (non-hydrogen) atoms. The minimum atomic E-state index is -0.104. The summed E-state index contributed by atoms with van der Waals surface area (Å²) in [6.07, 6.45) is 5.14. The van der Waals surface area contributed by atoms with Gasteiger partial charge in [-0.25, -0.2) is 0 Å². The van der Waals surface area contributed by atoms with E-state index in [9.17, 15) is 4.79 Å². The summed E-state index contributed by atoms with van der Waals surface area (Å²) in [6, 6.07) is 0.452. The first-order valence-corrected chi connectivity index (χ1v) is 7.34. The number of carbonyl (C=O) groups excluding carboxylic acids is 1. The lowest BCUT2D eigenvalue weighted by atomic mass is 10.1. The third-order valence-electron chi connectivity index (χ3n) is 3.98. The van der Waals surface area contributed by atoms with Gasteiger partial charge in [0.2, 0.25) is 0 Å². The Bertz CT molecular complexity index is 273. The molecule has 4 nitrogen and oxygen atoms in total. The van der Waals surface area contributed by atoms with Crippen molar-refractivity contribution in [3.05, 3.63) is 0 Å². The largest absolute Gasteiger partial charge is 0.465 e. The highest BCUT2D eigenvalue weighted by atomic mass is 16.5. The van der Waals surface area contributed by atoms with E-state index in [1.807, 2.05) is 13.8 Å². The zero-order chi connectivity index (χ0) is 13.0. The van der Waals surface area contributed by atoms with Gasteiger partial charge in [0, 0.05) is 19.1 Å². The molecule has 2 atom stereocenters. The highest BCUT2D eigenvalue weighted by Crippen LogP contribution is 2.30. The second-order valence-corrected chi connectivity index (χ2v) is 5.62. The Morgan fingerprint density at radius 3 is 2.72 bits per heavy atom. The first-order chi connectivity index (χ1) is 8.70. The van der Waals surface area contributed by atoms with Crippen molar-refractivity contribution in [2.24, 2.45) is 5.92 Å². The van der Waals surface area contributed by atoms with Gasteiger partial charge in [-0.15, -0.1) is 0 Å². The summed E-state index contributed by atoms with van der Waals surface area (Å²) in [7, 11) is 0. The number of nitrogens with one attached hydrogen (secondary N) is 1. The van der Waals surface area contributed by atoms with Gasteiger partial charge in [-0.1, -0.05) is 0 Å². The Balaban J connectivity index is 1.87. The second-order valence-electron chi connectivity index (χ2n) is 5.62. The van der Waals surface area contributed by atoms with Gasteiger partial charge in [0.15, 0.2) is 0 Å². The number of ether oxygens (including phenoxy) is 1. The zero-order valence-electron chi connectivity index (χ0n) is 11.7. The average Bonchev–Trinajstić information content (AvgIpc) is 3.02. The Morgan fingerprint density at radius 2 is 2.17 bits per heavy atom. The zero-order valence-corrected chi connectivity index (χ0v) is 11.7. The average molecular weight is 254 g/mol. The number of hydrogen-bond acceptors (Lipinski definition) is 4. The molecule has 2 aliphatic rings. The van der Waals surface area contributed by atoms with Crippen molar-refractivity contribution >= 4 is 5.97 Å². The van der Waals surface area contributed by atoms with Gasteiger partial charge in [-0.3, -0.25) is 9.69 Å². The summed E-state index contributed by atoms with van der Waals surface area (Å²) < 4.78 is 5.15. The van der Waals surface area contributed by atoms with E-state index in [1.54, 1.807) is 0 Å². The van der Waals surface area contributed by atoms with Crippen molar-refractivity contribution in [1.29, 1.82) is 0 Å². The molecule has 1 heterocycles. The SMILES string of the molecule is CCOC(=O)C(C)N(CC1CC1)CC1CCCN1. The van der Waals surface area contributed by atoms with Crippen molar-refractivity contribution < 1.29 is 9.53 Å². The number of rotatable bonds is 7. The molecule has 104 valence electrons. The molecular weight excluding hydrogens is 228 g/mol. The van der Waals surface area contributed by atoms with Crippen LogP contribution in [0, 0.1) is 5.92 Å². The fourth-order valence-corrected chi connectivity index (χ4v) is 2.63. The minimum absolute atomic E-state index is 0.0730. The molecule has 0 bridgehead atoms. The highest BCUT2D eigenvalue weighted by molar-refractivity contribution is 5.75. The molecule has 0 amide bonds. The molecule has 0 aromatic heterocycles. The number of nitrogens with zero attached hydrogens (tertiary/aromatic N) is 1. The number of carbonyl (C=O) groups is 1. The van der Waals surface area contributed by atoms with Crippen LogP contribution in [0.4, 0.5) is 0 Å². The van der Waals surface area contributed by atoms with Crippen LogP contribution in [0.25, 0.3) is 0 Å². The van der Waals surface area contributed by atoms with Gasteiger partial charge in [0.25, 0.3) is 0 Å². The minimum Gasteiger partial charge on any atom is -0.465 e. The van der Waals surface area contributed by atoms with E-state index in [4.69, 9.17) is 4.74 Å². The molecule has 0 radical (unpaired) electrons. The van der Waals surface area contributed by atoms with Gasteiger partial charge in [0.05, 0.1) is 6.61 Å². The van der Waals surface area contributed by atoms with Gasteiger partial charge in [-0.05, 0) is 52.0 Å². The molecular formula is C14H26N2O2. The van der Waals surface area contributed by atoms with Gasteiger partial charge < -0.3 is 10.1 Å². The van der Waals surface area contributed by atoms with Crippen LogP contribution in [0.2, 0.25) is 0 Å². The Kier molecular flexibility index (Phi) is 5.01. The van der Waals surface area contributed by atoms with Crippen LogP contribution >= 0.6 is 0 Å². The maximum atomic E-state index is 11.9. The first-order valence-electron chi connectivity index (χ1n) is 7.34. The second kappa shape index (κ2) is 6.53. The van der Waals surface area contributed by atoms with Crippen molar-refractivity contribution in [1.82, 2.24) is 10.2 Å². The van der Waals surface area contributed by atoms with Crippen LogP contribution < -0.4 is 5.32 Å². The van der Waals surface area contributed by atoms with E-state index in [2.05, 4.69) is 10.2 Å². The summed E-state index contributed by atoms with van der Waals surface area (Å²) in [5.74, 6) is 0.736. The van der Waals surface area contributed by atoms with Crippen LogP contribution in [0.15, 0.2) is 0 Å². The van der Waals surface area contributed by atoms with E-state index >= 15 is 0 Å². The van der Waals surface area contributed by atoms with E-state index in [0.29, 0.717) is 12.6 Å². The maximum absolute atomic E-state index is 11.9. The van der Waals surface area contributed by atoms with Crippen LogP contribution in [0.1, 0.15) is 39.5 Å². The van der Waals surface area contributed by atoms with E-state index < -0.39 is 0 Å². The lowest BCUT2D eigenvalue weighted by Crippen LogP contribution is -2.47. The summed E-state index contributed by atoms with van der Waals surface area (Å²) >= 11 is 0. The molecule has 2 fully saturated rings. The third-order valence-corrected chi connectivity index (χ3v) is 3.98. The smallest absolute Gasteiger partial charge is 0.323 e. The third kappa shape index (κ3) is 3.95. The monoisotopic (exact) mass is 254 g/mol. The normalized spacial score (nSPS) is 25.4. The van der Waals surface area contributed by atoms with E-state index in [-0.39, 0.29) is 12.0 Å². The highest BCUT2D eigenvalue weighted by Gasteiger charge is 2.31. The number of hydrogen-bond donors (Lipinski definition) is 1. The summed E-state index contributed by atoms with van der Waals surface area (Å²) in [5, 5.41) is 3.51. The van der Waals surface area contributed by atoms with Crippen LogP contribution in [0.3, 0.4) is 0 Å². The fraction of sp³-hybridized carbons (Fsp3) is 0.929. The van der Waals surface area contributed by atoms with Crippen molar-refractivity contribution in [3.63, 3.8) is 0 Å². The van der Waals surface area contributed by atoms with E-state index in [0.717, 1.165) is 25.6 Å². The molecule has 1 aliphatic heterocycles. The molecule has 1 aliphatic carbocycles. The van der Waals surface area contributed by atoms with Gasteiger partial charge >= 0.3 is 5.97 Å². The lowest BCUT2D eigenvalue weighted by molar-refractivity contribution is -0.149. The van der Waals surface area contributed by atoms with Crippen LogP contribution in [-0.2, 0) is 9.53 Å². The molecule has 0 aromatic carbocycles. The Morgan fingerprint density at radius 1 is 1.39 bits per heavy atom. The topological polar surface area (TPSA) is 41.6 Å². The maximum Gasteiger partial charge on any atom is 0.323 e. The van der Waals surface area contributed by atoms with E-state index in [1.165, 1.54) is 25.7 Å². The van der Waals surface area contributed by atoms with Gasteiger partial charge in [-0.2, -0.15) is 0 Å². The Labute approximate surface area is 110 Å². The van der Waals surface area contributed by atoms with Crippen molar-refractivity contribution in [3.8, 4) is 0 Å². The number of esters is 1. The summed E-state index contributed by atoms with van der Waals surface area (Å²) in [4.78, 5) is 14.2. The lowest BCUT2D eigenvalue weighted by Gasteiger charge is -2.30. The molecule has 0 spiro atoms. The summed E-state index contributed by atoms with van der Waals surface area (Å²) in [6.45, 7) is 7.48. The molecule has 1 N–H and O–H groups in total. The predicted octanol–water partition coefficient (Wildman–Crippen LogP) is 1.40. The molecule has 2 rings (SSSR count). The fourth-order valence-electron chi connectivity index (χ4n) is 2.63. The quantitative estimate of drug-likeness (QED) is 0.697. The summed E-state index contributed by atoms with van der Waals surface area (Å²) in [5.41, 5.74) is 0. The molecule has 1 saturated carbocycles. The first kappa shape index (κ1) is 13.8. The van der Waals surface area contributed by atoms with Gasteiger partial charge in [0.1, 0.15) is 6.04 Å². The molecule has 4 heteroatoms.